The number of hydrogen-bond donors (Lipinski definition) is 2. The number of aromatic nitrogens is 2. The average Bonchev–Trinajstić information content (AvgIpc) is 2.68. The Morgan fingerprint density at radius 1 is 0.655 bits per heavy atom. The topological polar surface area (TPSA) is 146 Å². The van der Waals surface area contributed by atoms with Crippen molar-refractivity contribution in [2.24, 2.45) is 0 Å². The predicted molar refractivity (Wildman–Crippen MR) is 96.3 cm³/mol. The maximum Gasteiger partial charge on any atom is 2.00 e. The largest absolute Gasteiger partial charge is 2.00 e. The van der Waals surface area contributed by atoms with Crippen LogP contribution < -0.4 is 10.2 Å². The molecule has 8 nitrogen and oxygen atoms in total. The molecule has 4 rings (SSSR count). The molecule has 9 heteroatoms. The van der Waals surface area contributed by atoms with Crippen molar-refractivity contribution in [3.63, 3.8) is 0 Å². The molecule has 0 unspecified atom stereocenters. The second kappa shape index (κ2) is 8.99. The third-order valence-electron chi connectivity index (χ3n) is 3.80. The van der Waals surface area contributed by atoms with E-state index in [1.165, 1.54) is 24.3 Å². The van der Waals surface area contributed by atoms with Gasteiger partial charge in [0.15, 0.2) is 0 Å². The second-order valence-corrected chi connectivity index (χ2v) is 5.66. The number of nitrogens with zero attached hydrogens (tertiary/aromatic N) is 2. The molecule has 2 heterocycles. The molecule has 2 aromatic carbocycles. The minimum atomic E-state index is -1.13. The normalized spacial score (nSPS) is 9.93. The second-order valence-electron chi connectivity index (χ2n) is 5.66. The zero-order valence-corrected chi connectivity index (χ0v) is 15.5. The third-order valence-corrected chi connectivity index (χ3v) is 3.80. The van der Waals surface area contributed by atoms with Crippen molar-refractivity contribution in [3.8, 4) is 11.5 Å². The van der Waals surface area contributed by atoms with Crippen LogP contribution in [-0.4, -0.2) is 32.1 Å². The van der Waals surface area contributed by atoms with Crippen molar-refractivity contribution in [2.45, 2.75) is 0 Å². The summed E-state index contributed by atoms with van der Waals surface area (Å²) in [6.07, 6.45) is 0. The van der Waals surface area contributed by atoms with E-state index >= 15 is 0 Å². The molecule has 0 aliphatic heterocycles. The van der Waals surface area contributed by atoms with Crippen LogP contribution in [0.1, 0.15) is 21.0 Å². The molecule has 0 bridgehead atoms. The van der Waals surface area contributed by atoms with Gasteiger partial charge in [-0.1, -0.05) is 60.0 Å². The van der Waals surface area contributed by atoms with Crippen molar-refractivity contribution >= 4 is 33.7 Å². The van der Waals surface area contributed by atoms with Crippen LogP contribution in [0, 0.1) is 0 Å². The Bertz CT molecular complexity index is 1120. The molecule has 0 spiro atoms. The SMILES string of the molecule is O=C(O)c1ccc2cccc([O-])c2n1.O=C(O)c1ccc2cccc([O-])c2n1.[Ni+2]. The summed E-state index contributed by atoms with van der Waals surface area (Å²) in [6, 6.07) is 15.3. The minimum Gasteiger partial charge on any atom is -0.871 e. The Hall–Kier alpha value is -3.71. The van der Waals surface area contributed by atoms with E-state index in [1.54, 1.807) is 36.4 Å². The summed E-state index contributed by atoms with van der Waals surface area (Å²) in [4.78, 5) is 28.7. The van der Waals surface area contributed by atoms with Gasteiger partial charge in [-0.15, -0.1) is 0 Å². The van der Waals surface area contributed by atoms with Crippen LogP contribution in [0.25, 0.3) is 21.8 Å². The first kappa shape index (κ1) is 21.6. The fraction of sp³-hybridized carbons (Fsp3) is 0. The van der Waals surface area contributed by atoms with E-state index in [1.807, 2.05) is 0 Å². The first-order valence-corrected chi connectivity index (χ1v) is 7.97. The van der Waals surface area contributed by atoms with E-state index in [2.05, 4.69) is 9.97 Å². The number of carboxylic acid groups (broad SMARTS) is 2. The van der Waals surface area contributed by atoms with Gasteiger partial charge in [-0.3, -0.25) is 0 Å². The van der Waals surface area contributed by atoms with E-state index in [-0.39, 0.29) is 50.4 Å². The van der Waals surface area contributed by atoms with E-state index < -0.39 is 11.9 Å². The number of rotatable bonds is 2. The van der Waals surface area contributed by atoms with Crippen molar-refractivity contribution in [1.29, 1.82) is 0 Å². The molecule has 0 radical (unpaired) electrons. The summed E-state index contributed by atoms with van der Waals surface area (Å²) in [5.74, 6) is -2.78. The van der Waals surface area contributed by atoms with Gasteiger partial charge in [0.1, 0.15) is 11.4 Å². The molecule has 0 amide bonds. The summed E-state index contributed by atoms with van der Waals surface area (Å²) in [5, 5.41) is 41.2. The standard InChI is InChI=1S/2C10H7NO3.Ni/c2*12-8-3-1-2-6-4-5-7(10(13)14)11-9(6)8;/h2*1-5,12H,(H,13,14);/q;;+2/p-2. The van der Waals surface area contributed by atoms with Crippen LogP contribution >= 0.6 is 0 Å². The number of pyridine rings is 2. The van der Waals surface area contributed by atoms with Gasteiger partial charge in [0.05, 0.1) is 11.0 Å². The van der Waals surface area contributed by atoms with E-state index in [4.69, 9.17) is 10.2 Å². The van der Waals surface area contributed by atoms with Gasteiger partial charge in [0.25, 0.3) is 0 Å². The van der Waals surface area contributed by atoms with E-state index in [0.29, 0.717) is 10.8 Å². The molecule has 2 aromatic heterocycles. The maximum absolute atomic E-state index is 11.3. The van der Waals surface area contributed by atoms with Crippen molar-refractivity contribution in [1.82, 2.24) is 9.97 Å². The molecular formula is C20H12N2NiO6. The molecule has 148 valence electrons. The van der Waals surface area contributed by atoms with Gasteiger partial charge in [0.2, 0.25) is 0 Å². The van der Waals surface area contributed by atoms with Gasteiger partial charge < -0.3 is 20.4 Å². The smallest absolute Gasteiger partial charge is 0.871 e. The summed E-state index contributed by atoms with van der Waals surface area (Å²) in [7, 11) is 0. The molecule has 0 aliphatic rings. The number of fused-ring (bicyclic) bond motifs is 2. The van der Waals surface area contributed by atoms with Crippen molar-refractivity contribution in [3.05, 3.63) is 72.1 Å². The Kier molecular flexibility index (Phi) is 6.69. The molecule has 0 aliphatic carbocycles. The molecule has 0 saturated carbocycles. The molecule has 2 N–H and O–H groups in total. The van der Waals surface area contributed by atoms with Crippen LogP contribution in [0.3, 0.4) is 0 Å². The Labute approximate surface area is 174 Å². The fourth-order valence-corrected chi connectivity index (χ4v) is 2.48. The van der Waals surface area contributed by atoms with Gasteiger partial charge >= 0.3 is 28.4 Å². The molecule has 0 fully saturated rings. The number of para-hydroxylation sites is 2. The van der Waals surface area contributed by atoms with Crippen LogP contribution in [0.5, 0.6) is 11.5 Å². The van der Waals surface area contributed by atoms with Crippen LogP contribution in [-0.2, 0) is 16.5 Å². The summed E-state index contributed by atoms with van der Waals surface area (Å²) >= 11 is 0. The van der Waals surface area contributed by atoms with Gasteiger partial charge in [-0.25, -0.2) is 19.6 Å². The summed E-state index contributed by atoms with van der Waals surface area (Å²) < 4.78 is 0. The minimum absolute atomic E-state index is 0. The molecular weight excluding hydrogens is 423 g/mol. The Morgan fingerprint density at radius 3 is 1.38 bits per heavy atom. The van der Waals surface area contributed by atoms with Crippen LogP contribution in [0.4, 0.5) is 0 Å². The van der Waals surface area contributed by atoms with Gasteiger partial charge in [0, 0.05) is 0 Å². The molecule has 0 saturated heterocycles. The first-order chi connectivity index (χ1) is 13.4. The number of carbonyl (C=O) groups is 2. The third kappa shape index (κ3) is 4.77. The number of carboxylic acids is 2. The maximum atomic E-state index is 11.3. The van der Waals surface area contributed by atoms with Crippen molar-refractivity contribution in [2.75, 3.05) is 0 Å². The average molecular weight is 435 g/mol. The van der Waals surface area contributed by atoms with E-state index in [9.17, 15) is 19.8 Å². The molecule has 4 aromatic rings. The summed E-state index contributed by atoms with van der Waals surface area (Å²) in [5.41, 5.74) is 0.182. The fourth-order valence-electron chi connectivity index (χ4n) is 2.48. The van der Waals surface area contributed by atoms with Crippen LogP contribution in [0.15, 0.2) is 60.7 Å². The zero-order valence-electron chi connectivity index (χ0n) is 14.5. The predicted octanol–water partition coefficient (Wildman–Crippen LogP) is 2.01. The quantitative estimate of drug-likeness (QED) is 0.455. The number of aromatic carboxylic acids is 2. The van der Waals surface area contributed by atoms with Crippen molar-refractivity contribution < 1.29 is 46.5 Å². The summed E-state index contributed by atoms with van der Waals surface area (Å²) in [6.45, 7) is 0. The Morgan fingerprint density at radius 2 is 1.03 bits per heavy atom. The Balaban J connectivity index is 0.000000200. The zero-order chi connectivity index (χ0) is 20.3. The monoisotopic (exact) mass is 434 g/mol. The number of benzene rings is 2. The first-order valence-electron chi connectivity index (χ1n) is 7.97. The number of hydrogen-bond acceptors (Lipinski definition) is 6. The molecule has 29 heavy (non-hydrogen) atoms. The molecule has 0 atom stereocenters. The van der Waals surface area contributed by atoms with Gasteiger partial charge in [-0.05, 0) is 22.9 Å². The van der Waals surface area contributed by atoms with E-state index in [0.717, 1.165) is 0 Å². The van der Waals surface area contributed by atoms with Gasteiger partial charge in [-0.2, -0.15) is 0 Å². The van der Waals surface area contributed by atoms with Crippen LogP contribution in [0.2, 0.25) is 0 Å².